The molecule has 0 aliphatic heterocycles. The molecule has 0 radical (unpaired) electrons. The predicted molar refractivity (Wildman–Crippen MR) is 77.2 cm³/mol. The lowest BCUT2D eigenvalue weighted by Crippen LogP contribution is -2.02. The Morgan fingerprint density at radius 3 is 2.47 bits per heavy atom. The van der Waals surface area contributed by atoms with Crippen molar-refractivity contribution in [2.24, 2.45) is 0 Å². The van der Waals surface area contributed by atoms with Gasteiger partial charge in [-0.05, 0) is 25.5 Å². The highest BCUT2D eigenvalue weighted by molar-refractivity contribution is 7.88. The summed E-state index contributed by atoms with van der Waals surface area (Å²) in [5, 5.41) is 1.76. The van der Waals surface area contributed by atoms with Gasteiger partial charge < -0.3 is 4.74 Å². The van der Waals surface area contributed by atoms with Crippen molar-refractivity contribution in [1.29, 1.82) is 0 Å². The number of esters is 1. The van der Waals surface area contributed by atoms with Gasteiger partial charge in [-0.2, -0.15) is 0 Å². The van der Waals surface area contributed by atoms with Crippen LogP contribution in [0.5, 0.6) is 0 Å². The van der Waals surface area contributed by atoms with E-state index in [0.717, 1.165) is 22.5 Å². The molecular weight excluding hydrogens is 260 g/mol. The van der Waals surface area contributed by atoms with Crippen LogP contribution in [0.2, 0.25) is 0 Å². The molecule has 1 unspecified atom stereocenters. The SMILES string of the molecule is CC/C(=C/S(=O)c1ccc(C)cc1)CCOC(C)=O. The van der Waals surface area contributed by atoms with Gasteiger partial charge in [0.25, 0.3) is 0 Å². The second-order valence-corrected chi connectivity index (χ2v) is 5.63. The Hall–Kier alpha value is -1.42. The minimum Gasteiger partial charge on any atom is -0.466 e. The third-order valence-electron chi connectivity index (χ3n) is 2.71. The molecule has 0 fully saturated rings. The van der Waals surface area contributed by atoms with Gasteiger partial charge in [0.1, 0.15) is 0 Å². The molecule has 1 aromatic carbocycles. The molecular formula is C15H20O3S. The van der Waals surface area contributed by atoms with Crippen LogP contribution in [0.25, 0.3) is 0 Å². The Balaban J connectivity index is 2.66. The Kier molecular flexibility index (Phi) is 6.50. The van der Waals surface area contributed by atoms with E-state index in [9.17, 15) is 9.00 Å². The summed E-state index contributed by atoms with van der Waals surface area (Å²) in [5.41, 5.74) is 2.19. The van der Waals surface area contributed by atoms with Gasteiger partial charge in [0.15, 0.2) is 0 Å². The van der Waals surface area contributed by atoms with Crippen molar-refractivity contribution in [2.45, 2.75) is 38.5 Å². The standard InChI is InChI=1S/C15H20O3S/c1-4-14(9-10-18-13(3)16)11-19(17)15-7-5-12(2)6-8-15/h5-8,11H,4,9-10H2,1-3H3/b14-11-. The predicted octanol–water partition coefficient (Wildman–Crippen LogP) is 3.35. The summed E-state index contributed by atoms with van der Waals surface area (Å²) in [7, 11) is -1.14. The lowest BCUT2D eigenvalue weighted by atomic mass is 10.2. The molecule has 4 heteroatoms. The molecule has 1 aromatic rings. The minimum absolute atomic E-state index is 0.282. The zero-order valence-corrected chi connectivity index (χ0v) is 12.5. The maximum Gasteiger partial charge on any atom is 0.302 e. The van der Waals surface area contributed by atoms with E-state index in [1.807, 2.05) is 38.1 Å². The molecule has 0 N–H and O–H groups in total. The maximum atomic E-state index is 12.1. The van der Waals surface area contributed by atoms with E-state index in [-0.39, 0.29) is 5.97 Å². The summed E-state index contributed by atoms with van der Waals surface area (Å²) < 4.78 is 17.0. The van der Waals surface area contributed by atoms with Crippen LogP contribution < -0.4 is 0 Å². The molecule has 1 atom stereocenters. The number of hydrogen-bond acceptors (Lipinski definition) is 3. The third-order valence-corrected chi connectivity index (χ3v) is 3.99. The summed E-state index contributed by atoms with van der Waals surface area (Å²) in [6.45, 7) is 5.74. The first-order valence-electron chi connectivity index (χ1n) is 6.33. The summed E-state index contributed by atoms with van der Waals surface area (Å²) in [4.78, 5) is 11.5. The highest BCUT2D eigenvalue weighted by Gasteiger charge is 2.03. The molecule has 3 nitrogen and oxygen atoms in total. The van der Waals surface area contributed by atoms with Gasteiger partial charge in [-0.25, -0.2) is 4.21 Å². The number of rotatable bonds is 6. The Morgan fingerprint density at radius 1 is 1.32 bits per heavy atom. The van der Waals surface area contributed by atoms with Gasteiger partial charge in [-0.15, -0.1) is 0 Å². The zero-order valence-electron chi connectivity index (χ0n) is 11.6. The third kappa shape index (κ3) is 5.83. The molecule has 0 heterocycles. The first-order valence-corrected chi connectivity index (χ1v) is 7.54. The van der Waals surface area contributed by atoms with Crippen LogP contribution >= 0.6 is 0 Å². The van der Waals surface area contributed by atoms with Crippen LogP contribution in [0.3, 0.4) is 0 Å². The number of aryl methyl sites for hydroxylation is 1. The van der Waals surface area contributed by atoms with E-state index in [2.05, 4.69) is 0 Å². The van der Waals surface area contributed by atoms with Crippen molar-refractivity contribution in [3.05, 3.63) is 40.8 Å². The summed E-state index contributed by atoms with van der Waals surface area (Å²) in [6, 6.07) is 7.65. The average Bonchev–Trinajstić information content (AvgIpc) is 2.37. The van der Waals surface area contributed by atoms with Crippen LogP contribution in [-0.2, 0) is 20.3 Å². The lowest BCUT2D eigenvalue weighted by Gasteiger charge is -2.05. The van der Waals surface area contributed by atoms with Crippen LogP contribution in [0, 0.1) is 6.92 Å². The number of carbonyl (C=O) groups excluding carboxylic acids is 1. The normalized spacial score (nSPS) is 13.1. The van der Waals surface area contributed by atoms with Crippen molar-refractivity contribution in [3.63, 3.8) is 0 Å². The van der Waals surface area contributed by atoms with Gasteiger partial charge in [-0.3, -0.25) is 4.79 Å². The molecule has 0 saturated heterocycles. The first-order chi connectivity index (χ1) is 9.02. The van der Waals surface area contributed by atoms with E-state index in [0.29, 0.717) is 13.0 Å². The van der Waals surface area contributed by atoms with Gasteiger partial charge in [0.05, 0.1) is 17.4 Å². The largest absolute Gasteiger partial charge is 0.466 e. The second kappa shape index (κ2) is 7.89. The molecule has 104 valence electrons. The van der Waals surface area contributed by atoms with Crippen molar-refractivity contribution in [1.82, 2.24) is 0 Å². The van der Waals surface area contributed by atoms with Crippen molar-refractivity contribution < 1.29 is 13.7 Å². The van der Waals surface area contributed by atoms with Crippen LogP contribution in [0.4, 0.5) is 0 Å². The molecule has 0 spiro atoms. The number of ether oxygens (including phenoxy) is 1. The molecule has 0 bridgehead atoms. The fourth-order valence-corrected chi connectivity index (χ4v) is 2.66. The smallest absolute Gasteiger partial charge is 0.302 e. The van der Waals surface area contributed by atoms with Crippen molar-refractivity contribution in [3.8, 4) is 0 Å². The highest BCUT2D eigenvalue weighted by atomic mass is 32.2. The number of hydrogen-bond donors (Lipinski definition) is 0. The Labute approximate surface area is 117 Å². The minimum atomic E-state index is -1.14. The molecule has 0 amide bonds. The van der Waals surface area contributed by atoms with Gasteiger partial charge >= 0.3 is 5.97 Å². The van der Waals surface area contributed by atoms with E-state index in [1.165, 1.54) is 6.92 Å². The number of carbonyl (C=O) groups is 1. The molecule has 0 saturated carbocycles. The topological polar surface area (TPSA) is 43.4 Å². The van der Waals surface area contributed by atoms with Crippen LogP contribution in [0.1, 0.15) is 32.3 Å². The Bertz CT molecular complexity index is 475. The fraction of sp³-hybridized carbons (Fsp3) is 0.400. The molecule has 19 heavy (non-hydrogen) atoms. The van der Waals surface area contributed by atoms with Crippen LogP contribution in [0.15, 0.2) is 40.1 Å². The molecule has 0 aromatic heterocycles. The highest BCUT2D eigenvalue weighted by Crippen LogP contribution is 2.14. The average molecular weight is 280 g/mol. The quantitative estimate of drug-likeness (QED) is 0.751. The van der Waals surface area contributed by atoms with E-state index < -0.39 is 10.8 Å². The van der Waals surface area contributed by atoms with Gasteiger partial charge in [0, 0.05) is 23.6 Å². The van der Waals surface area contributed by atoms with Crippen molar-refractivity contribution in [2.75, 3.05) is 6.61 Å². The molecule has 0 aliphatic rings. The van der Waals surface area contributed by atoms with E-state index in [4.69, 9.17) is 4.74 Å². The van der Waals surface area contributed by atoms with Gasteiger partial charge in [0.2, 0.25) is 0 Å². The Morgan fingerprint density at radius 2 is 1.95 bits per heavy atom. The van der Waals surface area contributed by atoms with E-state index >= 15 is 0 Å². The fourth-order valence-electron chi connectivity index (χ4n) is 1.54. The maximum absolute atomic E-state index is 12.1. The van der Waals surface area contributed by atoms with Crippen LogP contribution in [-0.4, -0.2) is 16.8 Å². The first kappa shape index (κ1) is 15.6. The van der Waals surface area contributed by atoms with Crippen molar-refractivity contribution >= 4 is 16.8 Å². The molecule has 0 aliphatic carbocycles. The summed E-state index contributed by atoms with van der Waals surface area (Å²) in [5.74, 6) is -0.282. The monoisotopic (exact) mass is 280 g/mol. The number of benzene rings is 1. The summed E-state index contributed by atoms with van der Waals surface area (Å²) >= 11 is 0. The zero-order chi connectivity index (χ0) is 14.3. The van der Waals surface area contributed by atoms with Gasteiger partial charge in [-0.1, -0.05) is 30.2 Å². The second-order valence-electron chi connectivity index (χ2n) is 4.33. The molecule has 1 rings (SSSR count). The van der Waals surface area contributed by atoms with E-state index in [1.54, 1.807) is 5.41 Å². The lowest BCUT2D eigenvalue weighted by molar-refractivity contribution is -0.140. The summed E-state index contributed by atoms with van der Waals surface area (Å²) in [6.07, 6.45) is 1.44.